The number of nitrogens with one attached hydrogen (secondary N) is 1. The summed E-state index contributed by atoms with van der Waals surface area (Å²) in [5.41, 5.74) is 2.08. The van der Waals surface area contributed by atoms with Gasteiger partial charge in [-0.2, -0.15) is 0 Å². The first-order chi connectivity index (χ1) is 13.6. The zero-order valence-corrected chi connectivity index (χ0v) is 17.5. The summed E-state index contributed by atoms with van der Waals surface area (Å²) in [4.78, 5) is 14.8. The van der Waals surface area contributed by atoms with Crippen LogP contribution in [0.5, 0.6) is 0 Å². The highest BCUT2D eigenvalue weighted by atomic mass is 32.2. The third kappa shape index (κ3) is 4.51. The van der Waals surface area contributed by atoms with Gasteiger partial charge in [0.15, 0.2) is 5.16 Å². The van der Waals surface area contributed by atoms with Gasteiger partial charge in [-0.15, -0.1) is 10.2 Å². The van der Waals surface area contributed by atoms with Crippen LogP contribution in [0.1, 0.15) is 51.3 Å². The van der Waals surface area contributed by atoms with E-state index in [-0.39, 0.29) is 5.91 Å². The average Bonchev–Trinajstić information content (AvgIpc) is 3.47. The molecule has 4 rings (SSSR count). The van der Waals surface area contributed by atoms with Crippen LogP contribution >= 0.6 is 11.8 Å². The number of anilines is 2. The standard InChI is InChI=1S/C21H29N5OS/c1-3-26-20(16-4-5-16)23-24-21(26)28-14-19(27)22-17-6-8-18(9-7-17)25-12-10-15(2)11-13-25/h6-9,15-16H,3-5,10-14H2,1-2H3,(H,22,27). The minimum atomic E-state index is -0.0110. The van der Waals surface area contributed by atoms with Gasteiger partial charge in [0.2, 0.25) is 5.91 Å². The predicted molar refractivity (Wildman–Crippen MR) is 114 cm³/mol. The molecule has 2 heterocycles. The lowest BCUT2D eigenvalue weighted by atomic mass is 9.99. The molecule has 1 saturated carbocycles. The van der Waals surface area contributed by atoms with E-state index in [1.54, 1.807) is 0 Å². The number of hydrogen-bond donors (Lipinski definition) is 1. The smallest absolute Gasteiger partial charge is 0.234 e. The summed E-state index contributed by atoms with van der Waals surface area (Å²) in [6, 6.07) is 8.20. The maximum Gasteiger partial charge on any atom is 0.234 e. The molecular weight excluding hydrogens is 370 g/mol. The summed E-state index contributed by atoms with van der Waals surface area (Å²) in [6.07, 6.45) is 4.91. The fourth-order valence-corrected chi connectivity index (χ4v) is 4.51. The monoisotopic (exact) mass is 399 g/mol. The van der Waals surface area contributed by atoms with Crippen molar-refractivity contribution in [1.82, 2.24) is 14.8 Å². The summed E-state index contributed by atoms with van der Waals surface area (Å²) in [5, 5.41) is 12.4. The van der Waals surface area contributed by atoms with Crippen molar-refractivity contribution in [1.29, 1.82) is 0 Å². The summed E-state index contributed by atoms with van der Waals surface area (Å²) in [7, 11) is 0. The van der Waals surface area contributed by atoms with Crippen molar-refractivity contribution < 1.29 is 4.79 Å². The van der Waals surface area contributed by atoms with Gasteiger partial charge in [0.05, 0.1) is 5.75 Å². The van der Waals surface area contributed by atoms with E-state index in [9.17, 15) is 4.79 Å². The molecule has 0 spiro atoms. The Morgan fingerprint density at radius 1 is 1.14 bits per heavy atom. The van der Waals surface area contributed by atoms with Crippen LogP contribution in [0.3, 0.4) is 0 Å². The van der Waals surface area contributed by atoms with Gasteiger partial charge in [-0.05, 0) is 62.8 Å². The van der Waals surface area contributed by atoms with Crippen LogP contribution in [0.15, 0.2) is 29.4 Å². The first kappa shape index (κ1) is 19.3. The van der Waals surface area contributed by atoms with Crippen LogP contribution in [-0.4, -0.2) is 39.5 Å². The molecule has 150 valence electrons. The van der Waals surface area contributed by atoms with Gasteiger partial charge in [-0.3, -0.25) is 4.79 Å². The number of carbonyl (C=O) groups excluding carboxylic acids is 1. The molecule has 2 aliphatic rings. The summed E-state index contributed by atoms with van der Waals surface area (Å²) < 4.78 is 2.14. The van der Waals surface area contributed by atoms with Crippen LogP contribution in [0, 0.1) is 5.92 Å². The molecule has 1 aliphatic heterocycles. The predicted octanol–water partition coefficient (Wildman–Crippen LogP) is 4.14. The Hall–Kier alpha value is -2.02. The van der Waals surface area contributed by atoms with Crippen LogP contribution in [0.25, 0.3) is 0 Å². The van der Waals surface area contributed by atoms with E-state index < -0.39 is 0 Å². The van der Waals surface area contributed by atoms with Gasteiger partial charge in [0.1, 0.15) is 5.82 Å². The number of rotatable bonds is 7. The Kier molecular flexibility index (Phi) is 5.90. The Bertz CT molecular complexity index is 807. The molecule has 2 aromatic rings. The van der Waals surface area contributed by atoms with Gasteiger partial charge in [0, 0.05) is 36.9 Å². The topological polar surface area (TPSA) is 63.1 Å². The van der Waals surface area contributed by atoms with Gasteiger partial charge in [-0.1, -0.05) is 18.7 Å². The molecule has 0 radical (unpaired) electrons. The van der Waals surface area contributed by atoms with E-state index in [4.69, 9.17) is 0 Å². The maximum atomic E-state index is 12.4. The number of hydrogen-bond acceptors (Lipinski definition) is 5. The second-order valence-electron chi connectivity index (χ2n) is 7.91. The highest BCUT2D eigenvalue weighted by Gasteiger charge is 2.30. The molecule has 2 fully saturated rings. The van der Waals surface area contributed by atoms with Crippen molar-refractivity contribution in [3.05, 3.63) is 30.1 Å². The van der Waals surface area contributed by atoms with Crippen molar-refractivity contribution in [3.63, 3.8) is 0 Å². The largest absolute Gasteiger partial charge is 0.372 e. The Morgan fingerprint density at radius 3 is 2.50 bits per heavy atom. The number of amides is 1. The number of nitrogens with zero attached hydrogens (tertiary/aromatic N) is 4. The highest BCUT2D eigenvalue weighted by molar-refractivity contribution is 7.99. The molecule has 0 atom stereocenters. The average molecular weight is 400 g/mol. The van der Waals surface area contributed by atoms with E-state index in [2.05, 4.69) is 51.0 Å². The van der Waals surface area contributed by atoms with Crippen molar-refractivity contribution >= 4 is 29.0 Å². The quantitative estimate of drug-likeness (QED) is 0.709. The minimum absolute atomic E-state index is 0.0110. The third-order valence-corrected chi connectivity index (χ3v) is 6.60. The number of benzene rings is 1. The van der Waals surface area contributed by atoms with Crippen LogP contribution in [0.2, 0.25) is 0 Å². The molecular formula is C21H29N5OS. The Labute approximate surface area is 171 Å². The first-order valence-corrected chi connectivity index (χ1v) is 11.3. The van der Waals surface area contributed by atoms with Gasteiger partial charge < -0.3 is 14.8 Å². The lowest BCUT2D eigenvalue weighted by molar-refractivity contribution is -0.113. The molecule has 1 aromatic heterocycles. The SMILES string of the molecule is CCn1c(SCC(=O)Nc2ccc(N3CCC(C)CC3)cc2)nnc1C1CC1. The second-order valence-corrected chi connectivity index (χ2v) is 8.86. The normalized spacial score (nSPS) is 17.7. The van der Waals surface area contributed by atoms with Gasteiger partial charge in [-0.25, -0.2) is 0 Å². The molecule has 1 amide bonds. The third-order valence-electron chi connectivity index (χ3n) is 5.64. The molecule has 28 heavy (non-hydrogen) atoms. The fourth-order valence-electron chi connectivity index (χ4n) is 3.70. The molecule has 1 N–H and O–H groups in total. The highest BCUT2D eigenvalue weighted by Crippen LogP contribution is 2.40. The van der Waals surface area contributed by atoms with Gasteiger partial charge in [0.25, 0.3) is 0 Å². The van der Waals surface area contributed by atoms with Crippen molar-refractivity contribution in [2.24, 2.45) is 5.92 Å². The number of aromatic nitrogens is 3. The molecule has 0 unspecified atom stereocenters. The summed E-state index contributed by atoms with van der Waals surface area (Å²) in [5.74, 6) is 2.80. The molecule has 1 aliphatic carbocycles. The number of thioether (sulfide) groups is 1. The van der Waals surface area contributed by atoms with E-state index in [1.807, 2.05) is 12.1 Å². The lowest BCUT2D eigenvalue weighted by Crippen LogP contribution is -2.32. The zero-order valence-electron chi connectivity index (χ0n) is 16.7. The number of piperidine rings is 1. The van der Waals surface area contributed by atoms with E-state index in [0.717, 1.165) is 42.2 Å². The zero-order chi connectivity index (χ0) is 19.5. The minimum Gasteiger partial charge on any atom is -0.372 e. The maximum absolute atomic E-state index is 12.4. The number of carbonyl (C=O) groups is 1. The Morgan fingerprint density at radius 2 is 1.86 bits per heavy atom. The van der Waals surface area contributed by atoms with E-state index in [1.165, 1.54) is 43.1 Å². The van der Waals surface area contributed by atoms with Crippen molar-refractivity contribution in [2.45, 2.75) is 57.1 Å². The van der Waals surface area contributed by atoms with E-state index >= 15 is 0 Å². The molecule has 6 nitrogen and oxygen atoms in total. The molecule has 1 saturated heterocycles. The fraction of sp³-hybridized carbons (Fsp3) is 0.571. The summed E-state index contributed by atoms with van der Waals surface area (Å²) in [6.45, 7) is 7.50. The van der Waals surface area contributed by atoms with Gasteiger partial charge >= 0.3 is 0 Å². The van der Waals surface area contributed by atoms with E-state index in [0.29, 0.717) is 11.7 Å². The van der Waals surface area contributed by atoms with Crippen LogP contribution in [0.4, 0.5) is 11.4 Å². The van der Waals surface area contributed by atoms with Crippen molar-refractivity contribution in [3.8, 4) is 0 Å². The molecule has 0 bridgehead atoms. The summed E-state index contributed by atoms with van der Waals surface area (Å²) >= 11 is 1.46. The van der Waals surface area contributed by atoms with Crippen molar-refractivity contribution in [2.75, 3.05) is 29.1 Å². The lowest BCUT2D eigenvalue weighted by Gasteiger charge is -2.32. The molecule has 7 heteroatoms. The van der Waals surface area contributed by atoms with Crippen LogP contribution < -0.4 is 10.2 Å². The first-order valence-electron chi connectivity index (χ1n) is 10.3. The molecule has 1 aromatic carbocycles. The Balaban J connectivity index is 1.29. The van der Waals surface area contributed by atoms with Crippen LogP contribution in [-0.2, 0) is 11.3 Å². The second kappa shape index (κ2) is 8.55.